The third-order valence-corrected chi connectivity index (χ3v) is 5.62. The third kappa shape index (κ3) is 5.21. The molecule has 4 aromatic rings. The highest BCUT2D eigenvalue weighted by atomic mass is 16.5. The minimum absolute atomic E-state index is 0.0674. The topological polar surface area (TPSA) is 71.5 Å². The Balaban J connectivity index is 1.75. The van der Waals surface area contributed by atoms with Crippen LogP contribution in [-0.2, 0) is 11.2 Å². The van der Waals surface area contributed by atoms with E-state index in [2.05, 4.69) is 12.2 Å². The lowest BCUT2D eigenvalue weighted by atomic mass is 9.99. The van der Waals surface area contributed by atoms with Crippen molar-refractivity contribution < 1.29 is 14.6 Å². The molecular weight excluding hydrogens is 412 g/mol. The second-order valence-electron chi connectivity index (χ2n) is 7.84. The number of amides is 1. The van der Waals surface area contributed by atoms with Crippen molar-refractivity contribution in [2.45, 2.75) is 25.8 Å². The normalized spacial score (nSPS) is 11.8. The molecule has 0 saturated heterocycles. The molecule has 5 nitrogen and oxygen atoms in total. The molecule has 5 heteroatoms. The van der Waals surface area contributed by atoms with E-state index in [4.69, 9.17) is 9.72 Å². The molecule has 1 amide bonds. The number of carbonyl (C=O) groups excluding carboxylic acids is 1. The highest BCUT2D eigenvalue weighted by Gasteiger charge is 2.21. The van der Waals surface area contributed by atoms with Crippen LogP contribution >= 0.6 is 0 Å². The Labute approximate surface area is 194 Å². The zero-order valence-electron chi connectivity index (χ0n) is 18.7. The summed E-state index contributed by atoms with van der Waals surface area (Å²) in [5.41, 5.74) is 4.21. The molecule has 4 rings (SSSR count). The molecule has 0 unspecified atom stereocenters. The van der Waals surface area contributed by atoms with Crippen molar-refractivity contribution in [3.05, 3.63) is 96.1 Å². The number of pyridine rings is 1. The van der Waals surface area contributed by atoms with Crippen LogP contribution in [0.15, 0.2) is 84.9 Å². The van der Waals surface area contributed by atoms with E-state index < -0.39 is 0 Å². The molecule has 33 heavy (non-hydrogen) atoms. The SMILES string of the molecule is CC[C@H](NC(=O)Cc1c(OCCO)c(-c2ccccc2)nc2ccccc12)c1ccccc1. The lowest BCUT2D eigenvalue weighted by Gasteiger charge is -2.20. The van der Waals surface area contributed by atoms with E-state index in [1.165, 1.54) is 0 Å². The zero-order valence-corrected chi connectivity index (χ0v) is 18.7. The quantitative estimate of drug-likeness (QED) is 0.381. The summed E-state index contributed by atoms with van der Waals surface area (Å²) in [5, 5.41) is 13.5. The fraction of sp³-hybridized carbons (Fsp3) is 0.214. The van der Waals surface area contributed by atoms with Gasteiger partial charge in [-0.3, -0.25) is 4.79 Å². The molecule has 0 saturated carbocycles. The van der Waals surface area contributed by atoms with Gasteiger partial charge in [0, 0.05) is 16.5 Å². The number of aliphatic hydroxyl groups excluding tert-OH is 1. The van der Waals surface area contributed by atoms with E-state index >= 15 is 0 Å². The van der Waals surface area contributed by atoms with Gasteiger partial charge in [-0.2, -0.15) is 0 Å². The number of ether oxygens (including phenoxy) is 1. The van der Waals surface area contributed by atoms with Gasteiger partial charge in [0.1, 0.15) is 18.1 Å². The van der Waals surface area contributed by atoms with Crippen LogP contribution in [0, 0.1) is 0 Å². The van der Waals surface area contributed by atoms with E-state index in [9.17, 15) is 9.90 Å². The summed E-state index contributed by atoms with van der Waals surface area (Å²) in [6.45, 7) is 2.05. The summed E-state index contributed by atoms with van der Waals surface area (Å²) in [5.74, 6) is 0.451. The molecule has 1 heterocycles. The van der Waals surface area contributed by atoms with Gasteiger partial charge in [0.05, 0.1) is 24.6 Å². The number of nitrogens with zero attached hydrogens (tertiary/aromatic N) is 1. The fourth-order valence-corrected chi connectivity index (χ4v) is 4.05. The number of aliphatic hydroxyl groups is 1. The maximum Gasteiger partial charge on any atom is 0.225 e. The van der Waals surface area contributed by atoms with Crippen LogP contribution in [-0.4, -0.2) is 29.2 Å². The molecule has 0 aliphatic carbocycles. The number of nitrogens with one attached hydrogen (secondary N) is 1. The third-order valence-electron chi connectivity index (χ3n) is 5.62. The number of hydrogen-bond donors (Lipinski definition) is 2. The van der Waals surface area contributed by atoms with Gasteiger partial charge in [-0.1, -0.05) is 85.8 Å². The molecule has 168 valence electrons. The van der Waals surface area contributed by atoms with E-state index in [1.807, 2.05) is 84.9 Å². The molecule has 0 aliphatic rings. The summed E-state index contributed by atoms with van der Waals surface area (Å²) in [6.07, 6.45) is 0.933. The number of benzene rings is 3. The Kier molecular flexibility index (Phi) is 7.33. The summed E-state index contributed by atoms with van der Waals surface area (Å²) in [4.78, 5) is 18.1. The van der Waals surface area contributed by atoms with Gasteiger partial charge < -0.3 is 15.2 Å². The van der Waals surface area contributed by atoms with Crippen molar-refractivity contribution in [3.8, 4) is 17.0 Å². The summed E-state index contributed by atoms with van der Waals surface area (Å²) in [7, 11) is 0. The molecule has 1 atom stereocenters. The minimum Gasteiger partial charge on any atom is -0.489 e. The van der Waals surface area contributed by atoms with Crippen LogP contribution in [0.25, 0.3) is 22.2 Å². The smallest absolute Gasteiger partial charge is 0.225 e. The van der Waals surface area contributed by atoms with Gasteiger partial charge in [0.25, 0.3) is 0 Å². The van der Waals surface area contributed by atoms with Gasteiger partial charge in [-0.05, 0) is 18.1 Å². The minimum atomic E-state index is -0.126. The number of carbonyl (C=O) groups is 1. The average Bonchev–Trinajstić information content (AvgIpc) is 2.87. The van der Waals surface area contributed by atoms with Crippen molar-refractivity contribution in [3.63, 3.8) is 0 Å². The zero-order chi connectivity index (χ0) is 23.0. The monoisotopic (exact) mass is 440 g/mol. The first-order valence-corrected chi connectivity index (χ1v) is 11.3. The second kappa shape index (κ2) is 10.7. The van der Waals surface area contributed by atoms with E-state index in [1.54, 1.807) is 0 Å². The lowest BCUT2D eigenvalue weighted by Crippen LogP contribution is -2.29. The Morgan fingerprint density at radius 3 is 2.33 bits per heavy atom. The van der Waals surface area contributed by atoms with Crippen molar-refractivity contribution in [2.75, 3.05) is 13.2 Å². The molecule has 1 aromatic heterocycles. The standard InChI is InChI=1S/C28H28N2O3/c1-2-24(20-11-5-3-6-12-20)29-26(32)19-23-22-15-9-10-16-25(22)30-27(28(23)33-18-17-31)21-13-7-4-8-14-21/h3-16,24,31H,2,17-19H2,1H3,(H,29,32)/t24-/m0/s1. The number of fused-ring (bicyclic) bond motifs is 1. The Bertz CT molecular complexity index is 1210. The van der Waals surface area contributed by atoms with Crippen LogP contribution < -0.4 is 10.1 Å². The van der Waals surface area contributed by atoms with Gasteiger partial charge in [0.2, 0.25) is 5.91 Å². The summed E-state index contributed by atoms with van der Waals surface area (Å²) < 4.78 is 6.00. The van der Waals surface area contributed by atoms with E-state index in [-0.39, 0.29) is 31.6 Å². The first kappa shape index (κ1) is 22.5. The van der Waals surface area contributed by atoms with E-state index in [0.717, 1.165) is 34.0 Å². The molecule has 2 N–H and O–H groups in total. The highest BCUT2D eigenvalue weighted by Crippen LogP contribution is 2.37. The number of hydrogen-bond acceptors (Lipinski definition) is 4. The number of para-hydroxylation sites is 1. The van der Waals surface area contributed by atoms with Gasteiger partial charge in [0.15, 0.2) is 0 Å². The predicted octanol–water partition coefficient (Wildman–Crippen LogP) is 5.08. The Morgan fingerprint density at radius 2 is 1.64 bits per heavy atom. The highest BCUT2D eigenvalue weighted by molar-refractivity contribution is 5.93. The maximum absolute atomic E-state index is 13.2. The van der Waals surface area contributed by atoms with Crippen molar-refractivity contribution in [2.24, 2.45) is 0 Å². The Morgan fingerprint density at radius 1 is 0.970 bits per heavy atom. The predicted molar refractivity (Wildman–Crippen MR) is 131 cm³/mol. The molecule has 0 bridgehead atoms. The van der Waals surface area contributed by atoms with Gasteiger partial charge >= 0.3 is 0 Å². The Hall–Kier alpha value is -3.70. The number of aromatic nitrogens is 1. The molecule has 0 radical (unpaired) electrons. The maximum atomic E-state index is 13.2. The first-order valence-electron chi connectivity index (χ1n) is 11.3. The molecule has 0 fully saturated rings. The summed E-state index contributed by atoms with van der Waals surface area (Å²) in [6, 6.07) is 27.5. The number of rotatable bonds is 9. The molecule has 3 aromatic carbocycles. The van der Waals surface area contributed by atoms with Crippen LogP contribution in [0.2, 0.25) is 0 Å². The van der Waals surface area contributed by atoms with Crippen LogP contribution in [0.4, 0.5) is 0 Å². The molecular formula is C28H28N2O3. The van der Waals surface area contributed by atoms with Crippen molar-refractivity contribution in [1.82, 2.24) is 10.3 Å². The lowest BCUT2D eigenvalue weighted by molar-refractivity contribution is -0.121. The van der Waals surface area contributed by atoms with Crippen molar-refractivity contribution in [1.29, 1.82) is 0 Å². The summed E-state index contributed by atoms with van der Waals surface area (Å²) >= 11 is 0. The largest absolute Gasteiger partial charge is 0.489 e. The van der Waals surface area contributed by atoms with Crippen LogP contribution in [0.3, 0.4) is 0 Å². The first-order chi connectivity index (χ1) is 16.2. The van der Waals surface area contributed by atoms with Gasteiger partial charge in [-0.25, -0.2) is 4.98 Å². The fourth-order valence-electron chi connectivity index (χ4n) is 4.05. The molecule has 0 spiro atoms. The van der Waals surface area contributed by atoms with Gasteiger partial charge in [-0.15, -0.1) is 0 Å². The van der Waals surface area contributed by atoms with Crippen molar-refractivity contribution >= 4 is 16.8 Å². The molecule has 0 aliphatic heterocycles. The average molecular weight is 441 g/mol. The van der Waals surface area contributed by atoms with Crippen LogP contribution in [0.1, 0.15) is 30.5 Å². The van der Waals surface area contributed by atoms with Crippen LogP contribution in [0.5, 0.6) is 5.75 Å². The van der Waals surface area contributed by atoms with E-state index in [0.29, 0.717) is 11.4 Å². The second-order valence-corrected chi connectivity index (χ2v) is 7.84.